The number of aliphatic hydroxyl groups is 1. The number of hydrogen-bond donors (Lipinski definition) is 1. The SMILES string of the molecule is CN(C)CC1=C(c2ccc3ccccc3c2-c2ccccc2CO)CC=C1. The van der Waals surface area contributed by atoms with E-state index >= 15 is 0 Å². The van der Waals surface area contributed by atoms with E-state index in [2.05, 4.69) is 79.7 Å². The Morgan fingerprint density at radius 1 is 0.889 bits per heavy atom. The van der Waals surface area contributed by atoms with Gasteiger partial charge in [-0.25, -0.2) is 0 Å². The van der Waals surface area contributed by atoms with Gasteiger partial charge in [0.05, 0.1) is 6.61 Å². The van der Waals surface area contributed by atoms with Crippen molar-refractivity contribution in [3.05, 3.63) is 89.5 Å². The summed E-state index contributed by atoms with van der Waals surface area (Å²) in [5, 5.41) is 12.4. The van der Waals surface area contributed by atoms with Gasteiger partial charge in [-0.3, -0.25) is 0 Å². The number of rotatable bonds is 5. The maximum absolute atomic E-state index is 9.95. The molecule has 0 heterocycles. The van der Waals surface area contributed by atoms with Crippen molar-refractivity contribution in [2.75, 3.05) is 20.6 Å². The van der Waals surface area contributed by atoms with E-state index in [1.54, 1.807) is 0 Å². The molecule has 2 heteroatoms. The molecule has 136 valence electrons. The summed E-state index contributed by atoms with van der Waals surface area (Å²) in [5.74, 6) is 0. The van der Waals surface area contributed by atoms with E-state index in [-0.39, 0.29) is 6.61 Å². The molecule has 0 saturated heterocycles. The van der Waals surface area contributed by atoms with Crippen molar-refractivity contribution >= 4 is 16.3 Å². The van der Waals surface area contributed by atoms with Gasteiger partial charge >= 0.3 is 0 Å². The highest BCUT2D eigenvalue weighted by Crippen LogP contribution is 2.41. The molecule has 4 rings (SSSR count). The average Bonchev–Trinajstić information content (AvgIpc) is 3.14. The highest BCUT2D eigenvalue weighted by atomic mass is 16.3. The molecule has 0 atom stereocenters. The Morgan fingerprint density at radius 2 is 1.67 bits per heavy atom. The molecule has 1 aliphatic carbocycles. The molecule has 0 saturated carbocycles. The van der Waals surface area contributed by atoms with Crippen molar-refractivity contribution in [2.24, 2.45) is 0 Å². The monoisotopic (exact) mass is 355 g/mol. The lowest BCUT2D eigenvalue weighted by molar-refractivity contribution is 0.282. The van der Waals surface area contributed by atoms with Gasteiger partial charge in [0.25, 0.3) is 0 Å². The van der Waals surface area contributed by atoms with Gasteiger partial charge in [0, 0.05) is 6.54 Å². The summed E-state index contributed by atoms with van der Waals surface area (Å²) >= 11 is 0. The molecule has 0 bridgehead atoms. The van der Waals surface area contributed by atoms with Gasteiger partial charge < -0.3 is 10.0 Å². The van der Waals surface area contributed by atoms with Gasteiger partial charge in [0.15, 0.2) is 0 Å². The zero-order valence-corrected chi connectivity index (χ0v) is 15.9. The first-order valence-electron chi connectivity index (χ1n) is 9.43. The molecule has 1 N–H and O–H groups in total. The maximum atomic E-state index is 9.95. The van der Waals surface area contributed by atoms with E-state index in [9.17, 15) is 5.11 Å². The molecule has 0 fully saturated rings. The Morgan fingerprint density at radius 3 is 2.48 bits per heavy atom. The van der Waals surface area contributed by atoms with Crippen molar-refractivity contribution in [2.45, 2.75) is 13.0 Å². The minimum atomic E-state index is 0.0423. The van der Waals surface area contributed by atoms with Crippen LogP contribution in [0, 0.1) is 0 Å². The van der Waals surface area contributed by atoms with Gasteiger partial charge in [0.1, 0.15) is 0 Å². The molecule has 0 radical (unpaired) electrons. The standard InChI is InChI=1S/C25H25NO/c1-26(2)16-19-10-7-13-21(19)24-15-14-18-8-3-5-11-22(18)25(24)23-12-6-4-9-20(23)17-27/h3-12,14-15,27H,13,16-17H2,1-2H3. The van der Waals surface area contributed by atoms with Crippen LogP contribution in [-0.4, -0.2) is 30.6 Å². The molecule has 0 amide bonds. The lowest BCUT2D eigenvalue weighted by Crippen LogP contribution is -2.14. The van der Waals surface area contributed by atoms with E-state index in [0.29, 0.717) is 0 Å². The summed E-state index contributed by atoms with van der Waals surface area (Å²) in [6, 6.07) is 21.2. The van der Waals surface area contributed by atoms with Crippen molar-refractivity contribution in [3.8, 4) is 11.1 Å². The number of benzene rings is 3. The highest BCUT2D eigenvalue weighted by molar-refractivity contribution is 6.03. The Bertz CT molecular complexity index is 1040. The summed E-state index contributed by atoms with van der Waals surface area (Å²) in [5.41, 5.74) is 7.35. The molecule has 2 nitrogen and oxygen atoms in total. The largest absolute Gasteiger partial charge is 0.392 e. The topological polar surface area (TPSA) is 23.5 Å². The van der Waals surface area contributed by atoms with E-state index in [1.807, 2.05) is 12.1 Å². The Kier molecular flexibility index (Phi) is 4.93. The van der Waals surface area contributed by atoms with E-state index in [4.69, 9.17) is 0 Å². The average molecular weight is 355 g/mol. The molecule has 27 heavy (non-hydrogen) atoms. The minimum absolute atomic E-state index is 0.0423. The van der Waals surface area contributed by atoms with Gasteiger partial charge in [-0.2, -0.15) is 0 Å². The predicted molar refractivity (Wildman–Crippen MR) is 115 cm³/mol. The number of aliphatic hydroxyl groups excluding tert-OH is 1. The molecule has 0 aromatic heterocycles. The van der Waals surface area contributed by atoms with Crippen LogP contribution in [0.5, 0.6) is 0 Å². The fourth-order valence-electron chi connectivity index (χ4n) is 4.04. The van der Waals surface area contributed by atoms with Crippen LogP contribution >= 0.6 is 0 Å². The third-order valence-electron chi connectivity index (χ3n) is 5.23. The summed E-state index contributed by atoms with van der Waals surface area (Å²) in [4.78, 5) is 2.22. The van der Waals surface area contributed by atoms with Crippen LogP contribution in [-0.2, 0) is 6.61 Å². The Balaban J connectivity index is 2.03. The van der Waals surface area contributed by atoms with Crippen LogP contribution < -0.4 is 0 Å². The lowest BCUT2D eigenvalue weighted by atomic mass is 9.86. The van der Waals surface area contributed by atoms with E-state index < -0.39 is 0 Å². The quantitative estimate of drug-likeness (QED) is 0.673. The number of fused-ring (bicyclic) bond motifs is 1. The van der Waals surface area contributed by atoms with Crippen LogP contribution in [0.25, 0.3) is 27.5 Å². The van der Waals surface area contributed by atoms with Crippen LogP contribution in [0.15, 0.2) is 78.4 Å². The van der Waals surface area contributed by atoms with Crippen LogP contribution in [0.2, 0.25) is 0 Å². The molecule has 0 aliphatic heterocycles. The van der Waals surface area contributed by atoms with Gasteiger partial charge in [-0.15, -0.1) is 0 Å². The predicted octanol–water partition coefficient (Wildman–Crippen LogP) is 5.27. The molecular formula is C25H25NO. The summed E-state index contributed by atoms with van der Waals surface area (Å²) in [6.07, 6.45) is 5.47. The van der Waals surface area contributed by atoms with E-state index in [1.165, 1.54) is 33.0 Å². The number of hydrogen-bond acceptors (Lipinski definition) is 2. The van der Waals surface area contributed by atoms with Gasteiger partial charge in [0.2, 0.25) is 0 Å². The van der Waals surface area contributed by atoms with Crippen molar-refractivity contribution in [3.63, 3.8) is 0 Å². The highest BCUT2D eigenvalue weighted by Gasteiger charge is 2.19. The summed E-state index contributed by atoms with van der Waals surface area (Å²) in [6.45, 7) is 0.973. The Labute approximate surface area is 161 Å². The van der Waals surface area contributed by atoms with Crippen LogP contribution in [0.3, 0.4) is 0 Å². The molecular weight excluding hydrogens is 330 g/mol. The first kappa shape index (κ1) is 17.7. The zero-order valence-electron chi connectivity index (χ0n) is 15.9. The minimum Gasteiger partial charge on any atom is -0.392 e. The maximum Gasteiger partial charge on any atom is 0.0687 e. The fourth-order valence-corrected chi connectivity index (χ4v) is 4.04. The second-order valence-corrected chi connectivity index (χ2v) is 7.37. The third-order valence-corrected chi connectivity index (χ3v) is 5.23. The molecule has 0 unspecified atom stereocenters. The zero-order chi connectivity index (χ0) is 18.8. The Hall–Kier alpha value is -2.68. The smallest absolute Gasteiger partial charge is 0.0687 e. The van der Waals surface area contributed by atoms with Crippen LogP contribution in [0.4, 0.5) is 0 Å². The summed E-state index contributed by atoms with van der Waals surface area (Å²) < 4.78 is 0. The lowest BCUT2D eigenvalue weighted by Gasteiger charge is -2.19. The normalized spacial score (nSPS) is 13.9. The second-order valence-electron chi connectivity index (χ2n) is 7.37. The van der Waals surface area contributed by atoms with E-state index in [0.717, 1.165) is 24.1 Å². The number of nitrogens with zero attached hydrogens (tertiary/aromatic N) is 1. The number of likely N-dealkylation sites (N-methyl/N-ethyl adjacent to an activating group) is 1. The van der Waals surface area contributed by atoms with Gasteiger partial charge in [-0.1, -0.05) is 72.8 Å². The first-order chi connectivity index (χ1) is 13.2. The molecule has 1 aliphatic rings. The van der Waals surface area contributed by atoms with Gasteiger partial charge in [-0.05, 0) is 64.7 Å². The van der Waals surface area contributed by atoms with Crippen molar-refractivity contribution < 1.29 is 5.11 Å². The molecule has 3 aromatic rings. The fraction of sp³-hybridized carbons (Fsp3) is 0.200. The number of allylic oxidation sites excluding steroid dienone is 2. The first-order valence-corrected chi connectivity index (χ1v) is 9.43. The van der Waals surface area contributed by atoms with Crippen LogP contribution in [0.1, 0.15) is 17.5 Å². The summed E-state index contributed by atoms with van der Waals surface area (Å²) in [7, 11) is 4.22. The van der Waals surface area contributed by atoms with Crippen molar-refractivity contribution in [1.82, 2.24) is 4.90 Å². The second kappa shape index (κ2) is 7.51. The molecule has 0 spiro atoms. The third kappa shape index (κ3) is 3.34. The molecule has 3 aromatic carbocycles. The van der Waals surface area contributed by atoms with Crippen molar-refractivity contribution in [1.29, 1.82) is 0 Å².